The number of anilines is 2. The van der Waals surface area contributed by atoms with Crippen LogP contribution in [-0.2, 0) is 6.42 Å². The summed E-state index contributed by atoms with van der Waals surface area (Å²) < 4.78 is 2.46. The second kappa shape index (κ2) is 12.0. The van der Waals surface area contributed by atoms with Gasteiger partial charge < -0.3 is 4.90 Å². The molecule has 0 saturated heterocycles. The second-order valence-corrected chi connectivity index (χ2v) is 14.1. The van der Waals surface area contributed by atoms with Crippen LogP contribution in [0.4, 0.5) is 11.4 Å². The van der Waals surface area contributed by atoms with Crippen molar-refractivity contribution < 1.29 is 0 Å². The summed E-state index contributed by atoms with van der Waals surface area (Å²) in [5.74, 6) is 1.66. The Kier molecular flexibility index (Phi) is 7.04. The summed E-state index contributed by atoms with van der Waals surface area (Å²) in [6, 6.07) is 31.9. The lowest BCUT2D eigenvalue weighted by Crippen LogP contribution is -2.28. The van der Waals surface area contributed by atoms with Crippen LogP contribution in [0, 0.1) is 0 Å². The normalized spacial score (nSPS) is 21.6. The topological polar surface area (TPSA) is 21.1 Å². The van der Waals surface area contributed by atoms with Crippen LogP contribution in [0.2, 0.25) is 0 Å². The standard InChI is InChI=1S/C47H39N3/c1-4-14-32(15-5-1)36-29-42(33-16-6-2-7-17-33)48-47(31-36)50-44-23-13-11-21-39(44)41-28-34(25-27-45(41)50)35-24-26-40-38-20-10-12-22-43(38)49(46(40)30-35)37-18-8-3-9-19-37/h2-4,6-16,18-24,26,28-31,33,38,43H,1,5,17,25,27H2. The fourth-order valence-electron chi connectivity index (χ4n) is 8.77. The van der Waals surface area contributed by atoms with E-state index in [9.17, 15) is 0 Å². The molecule has 0 N–H and O–H groups in total. The van der Waals surface area contributed by atoms with Crippen molar-refractivity contribution in [1.29, 1.82) is 0 Å². The molecule has 2 aromatic heterocycles. The number of rotatable bonds is 5. The minimum atomic E-state index is 0.279. The highest BCUT2D eigenvalue weighted by Gasteiger charge is 2.37. The molecule has 0 spiro atoms. The van der Waals surface area contributed by atoms with Crippen molar-refractivity contribution in [2.75, 3.05) is 4.90 Å². The molecule has 3 unspecified atom stereocenters. The van der Waals surface area contributed by atoms with E-state index in [1.165, 1.54) is 61.4 Å². The lowest BCUT2D eigenvalue weighted by Gasteiger charge is -2.28. The number of hydrogen-bond donors (Lipinski definition) is 0. The highest BCUT2D eigenvalue weighted by Crippen LogP contribution is 2.49. The maximum absolute atomic E-state index is 5.43. The second-order valence-electron chi connectivity index (χ2n) is 14.1. The van der Waals surface area contributed by atoms with Crippen LogP contribution >= 0.6 is 0 Å². The average molecular weight is 646 g/mol. The highest BCUT2D eigenvalue weighted by molar-refractivity contribution is 5.99. The zero-order valence-corrected chi connectivity index (χ0v) is 28.1. The third-order valence-corrected chi connectivity index (χ3v) is 11.2. The van der Waals surface area contributed by atoms with Crippen LogP contribution in [0.1, 0.15) is 71.2 Å². The van der Waals surface area contributed by atoms with E-state index >= 15 is 0 Å². The summed E-state index contributed by atoms with van der Waals surface area (Å²) in [6.07, 6.45) is 32.6. The van der Waals surface area contributed by atoms with Gasteiger partial charge in [-0.05, 0) is 102 Å². The predicted octanol–water partition coefficient (Wildman–Crippen LogP) is 11.6. The Morgan fingerprint density at radius 3 is 2.48 bits per heavy atom. The van der Waals surface area contributed by atoms with Crippen LogP contribution in [0.5, 0.6) is 0 Å². The van der Waals surface area contributed by atoms with Gasteiger partial charge in [0.2, 0.25) is 0 Å². The number of para-hydroxylation sites is 2. The van der Waals surface area contributed by atoms with Crippen LogP contribution < -0.4 is 4.90 Å². The highest BCUT2D eigenvalue weighted by atomic mass is 15.2. The van der Waals surface area contributed by atoms with E-state index in [0.29, 0.717) is 12.0 Å². The third kappa shape index (κ3) is 4.83. The molecule has 0 radical (unpaired) electrons. The number of hydrogen-bond acceptors (Lipinski definition) is 2. The number of benzene rings is 3. The molecule has 5 aromatic rings. The smallest absolute Gasteiger partial charge is 0.138 e. The van der Waals surface area contributed by atoms with E-state index in [4.69, 9.17) is 4.98 Å². The SMILES string of the molecule is C1=CCC(c2cc(C3=CCCC=C3)cc(-n3c4c(c5ccccc53)C=C(c3ccc5c(c3)N(c3ccccc3)C3C=CC=CC53)CC4)n2)C=C1. The van der Waals surface area contributed by atoms with Gasteiger partial charge in [-0.1, -0.05) is 115 Å². The first kappa shape index (κ1) is 29.3. The van der Waals surface area contributed by atoms with Crippen molar-refractivity contribution in [3.8, 4) is 5.82 Å². The van der Waals surface area contributed by atoms with Crippen molar-refractivity contribution in [3.05, 3.63) is 185 Å². The maximum Gasteiger partial charge on any atom is 0.138 e. The number of aromatic nitrogens is 2. The van der Waals surface area contributed by atoms with Crippen molar-refractivity contribution in [2.24, 2.45) is 0 Å². The molecule has 10 rings (SSSR count). The summed E-state index contributed by atoms with van der Waals surface area (Å²) in [5, 5.41) is 1.29. The van der Waals surface area contributed by atoms with Crippen molar-refractivity contribution in [3.63, 3.8) is 0 Å². The van der Waals surface area contributed by atoms with E-state index in [0.717, 1.165) is 43.6 Å². The molecule has 3 heterocycles. The molecule has 0 bridgehead atoms. The summed E-state index contributed by atoms with van der Waals surface area (Å²) >= 11 is 0. The Balaban J connectivity index is 1.10. The van der Waals surface area contributed by atoms with Crippen molar-refractivity contribution in [2.45, 2.75) is 50.0 Å². The van der Waals surface area contributed by atoms with E-state index < -0.39 is 0 Å². The van der Waals surface area contributed by atoms with Gasteiger partial charge in [0, 0.05) is 39.9 Å². The lowest BCUT2D eigenvalue weighted by molar-refractivity contribution is 0.745. The average Bonchev–Trinajstić information content (AvgIpc) is 3.71. The van der Waals surface area contributed by atoms with Gasteiger partial charge in [-0.25, -0.2) is 4.98 Å². The minimum absolute atomic E-state index is 0.279. The first-order chi connectivity index (χ1) is 24.8. The molecular weight excluding hydrogens is 607 g/mol. The minimum Gasteiger partial charge on any atom is -0.333 e. The third-order valence-electron chi connectivity index (χ3n) is 11.2. The summed E-state index contributed by atoms with van der Waals surface area (Å²) in [7, 11) is 0. The molecule has 0 saturated carbocycles. The van der Waals surface area contributed by atoms with E-state index in [-0.39, 0.29) is 5.92 Å². The van der Waals surface area contributed by atoms with Gasteiger partial charge in [0.1, 0.15) is 5.82 Å². The molecular formula is C47H39N3. The lowest BCUT2D eigenvalue weighted by atomic mass is 9.88. The Morgan fingerprint density at radius 1 is 0.720 bits per heavy atom. The molecule has 0 fully saturated rings. The molecule has 3 nitrogen and oxygen atoms in total. The van der Waals surface area contributed by atoms with E-state index in [2.05, 4.69) is 167 Å². The van der Waals surface area contributed by atoms with Crippen LogP contribution in [0.25, 0.3) is 33.9 Å². The molecule has 5 aliphatic rings. The Hall–Kier alpha value is -5.67. The summed E-state index contributed by atoms with van der Waals surface area (Å²) in [4.78, 5) is 7.97. The van der Waals surface area contributed by atoms with Gasteiger partial charge in [0.15, 0.2) is 0 Å². The van der Waals surface area contributed by atoms with E-state index in [1.807, 2.05) is 0 Å². The Labute approximate surface area is 294 Å². The van der Waals surface area contributed by atoms with Crippen molar-refractivity contribution in [1.82, 2.24) is 9.55 Å². The van der Waals surface area contributed by atoms with Crippen LogP contribution in [0.3, 0.4) is 0 Å². The van der Waals surface area contributed by atoms with Crippen LogP contribution in [0.15, 0.2) is 152 Å². The predicted molar refractivity (Wildman–Crippen MR) is 209 cm³/mol. The number of nitrogens with zero attached hydrogens (tertiary/aromatic N) is 3. The Morgan fingerprint density at radius 2 is 1.60 bits per heavy atom. The molecule has 3 atom stereocenters. The van der Waals surface area contributed by atoms with Gasteiger partial charge >= 0.3 is 0 Å². The number of pyridine rings is 1. The monoisotopic (exact) mass is 645 g/mol. The first-order valence-electron chi connectivity index (χ1n) is 18.2. The Bertz CT molecular complexity index is 2370. The zero-order chi connectivity index (χ0) is 33.0. The van der Waals surface area contributed by atoms with Gasteiger partial charge in [0.05, 0.1) is 17.3 Å². The molecule has 0 amide bonds. The molecule has 1 aliphatic heterocycles. The number of fused-ring (bicyclic) bond motifs is 6. The molecule has 3 heteroatoms. The van der Waals surface area contributed by atoms with Crippen LogP contribution in [-0.4, -0.2) is 15.6 Å². The number of allylic oxidation sites excluding steroid dienone is 11. The summed E-state index contributed by atoms with van der Waals surface area (Å²) in [5.41, 5.74) is 14.3. The molecule has 3 aromatic carbocycles. The maximum atomic E-state index is 5.43. The molecule has 50 heavy (non-hydrogen) atoms. The van der Waals surface area contributed by atoms with Crippen molar-refractivity contribution >= 4 is 39.5 Å². The largest absolute Gasteiger partial charge is 0.333 e. The molecule has 4 aliphatic carbocycles. The zero-order valence-electron chi connectivity index (χ0n) is 28.1. The fraction of sp³-hybridized carbons (Fsp3) is 0.170. The van der Waals surface area contributed by atoms with Gasteiger partial charge in [-0.3, -0.25) is 4.57 Å². The first-order valence-corrected chi connectivity index (χ1v) is 18.2. The quantitative estimate of drug-likeness (QED) is 0.190. The summed E-state index contributed by atoms with van der Waals surface area (Å²) in [6.45, 7) is 0. The van der Waals surface area contributed by atoms with Gasteiger partial charge in [-0.15, -0.1) is 0 Å². The van der Waals surface area contributed by atoms with Gasteiger partial charge in [0.25, 0.3) is 0 Å². The van der Waals surface area contributed by atoms with E-state index in [1.54, 1.807) is 0 Å². The molecule has 242 valence electrons. The van der Waals surface area contributed by atoms with Gasteiger partial charge in [-0.2, -0.15) is 0 Å². The fourth-order valence-corrected chi connectivity index (χ4v) is 8.77.